The van der Waals surface area contributed by atoms with Gasteiger partial charge in [0, 0.05) is 20.1 Å². The minimum Gasteiger partial charge on any atom is -0.452 e. The summed E-state index contributed by atoms with van der Waals surface area (Å²) in [6, 6.07) is 4.76. The number of amides is 3. The summed E-state index contributed by atoms with van der Waals surface area (Å²) < 4.78 is 31.5. The second-order valence-corrected chi connectivity index (χ2v) is 7.63. The Morgan fingerprint density at radius 3 is 2.50 bits per heavy atom. The van der Waals surface area contributed by atoms with Crippen molar-refractivity contribution in [2.24, 2.45) is 0 Å². The SMILES string of the molecule is CNC(=O)NC(=O)COC(=O)c1cccc(S(=O)(=O)N2CCCCC2)c1. The van der Waals surface area contributed by atoms with E-state index in [1.807, 2.05) is 5.32 Å². The Labute approximate surface area is 151 Å². The van der Waals surface area contributed by atoms with E-state index in [0.717, 1.165) is 19.3 Å². The number of hydrogen-bond acceptors (Lipinski definition) is 6. The number of carbonyl (C=O) groups is 3. The van der Waals surface area contributed by atoms with Crippen LogP contribution in [0.25, 0.3) is 0 Å². The van der Waals surface area contributed by atoms with Gasteiger partial charge in [0.25, 0.3) is 5.91 Å². The Kier molecular flexibility index (Phi) is 6.70. The van der Waals surface area contributed by atoms with Gasteiger partial charge in [-0.3, -0.25) is 10.1 Å². The molecule has 1 aliphatic rings. The van der Waals surface area contributed by atoms with E-state index >= 15 is 0 Å². The van der Waals surface area contributed by atoms with Crippen LogP contribution in [-0.4, -0.2) is 57.4 Å². The first-order chi connectivity index (χ1) is 12.3. The molecule has 0 atom stereocenters. The lowest BCUT2D eigenvalue weighted by molar-refractivity contribution is -0.123. The summed E-state index contributed by atoms with van der Waals surface area (Å²) in [5.74, 6) is -1.65. The molecule has 1 saturated heterocycles. The molecule has 0 spiro atoms. The molecule has 10 heteroatoms. The van der Waals surface area contributed by atoms with Gasteiger partial charge < -0.3 is 10.1 Å². The Hall–Kier alpha value is -2.46. The normalized spacial score (nSPS) is 15.1. The zero-order valence-corrected chi connectivity index (χ0v) is 15.2. The van der Waals surface area contributed by atoms with Crippen LogP contribution in [0.15, 0.2) is 29.2 Å². The van der Waals surface area contributed by atoms with Crippen molar-refractivity contribution in [3.05, 3.63) is 29.8 Å². The molecule has 1 fully saturated rings. The van der Waals surface area contributed by atoms with Gasteiger partial charge in [-0.25, -0.2) is 18.0 Å². The van der Waals surface area contributed by atoms with Crippen molar-refractivity contribution in [3.8, 4) is 0 Å². The molecule has 9 nitrogen and oxygen atoms in total. The standard InChI is InChI=1S/C16H21N3O6S/c1-17-16(22)18-14(20)11-25-15(21)12-6-5-7-13(10-12)26(23,24)19-8-3-2-4-9-19/h5-7,10H,2-4,8-9,11H2,1H3,(H2,17,18,20,22). The Bertz CT molecular complexity index is 787. The monoisotopic (exact) mass is 383 g/mol. The number of imide groups is 1. The Balaban J connectivity index is 2.04. The van der Waals surface area contributed by atoms with E-state index < -0.39 is 34.5 Å². The molecular formula is C16H21N3O6S. The zero-order valence-electron chi connectivity index (χ0n) is 14.4. The van der Waals surface area contributed by atoms with Crippen molar-refractivity contribution < 1.29 is 27.5 Å². The number of esters is 1. The smallest absolute Gasteiger partial charge is 0.338 e. The lowest BCUT2D eigenvalue weighted by Crippen LogP contribution is -2.39. The minimum absolute atomic E-state index is 0.00339. The van der Waals surface area contributed by atoms with Crippen LogP contribution in [0.1, 0.15) is 29.6 Å². The average Bonchev–Trinajstić information content (AvgIpc) is 2.66. The topological polar surface area (TPSA) is 122 Å². The summed E-state index contributed by atoms with van der Waals surface area (Å²) in [6.07, 6.45) is 2.61. The molecule has 0 saturated carbocycles. The molecule has 2 N–H and O–H groups in total. The molecule has 26 heavy (non-hydrogen) atoms. The molecule has 1 heterocycles. The summed E-state index contributed by atoms with van der Waals surface area (Å²) >= 11 is 0. The van der Waals surface area contributed by atoms with Crippen LogP contribution in [0.5, 0.6) is 0 Å². The molecule has 2 rings (SSSR count). The number of ether oxygens (including phenoxy) is 1. The van der Waals surface area contributed by atoms with Gasteiger partial charge in [0.2, 0.25) is 10.0 Å². The highest BCUT2D eigenvalue weighted by Crippen LogP contribution is 2.21. The zero-order chi connectivity index (χ0) is 19.2. The molecule has 0 unspecified atom stereocenters. The summed E-state index contributed by atoms with van der Waals surface area (Å²) in [5.41, 5.74) is 0.0100. The van der Waals surface area contributed by atoms with Crippen LogP contribution in [-0.2, 0) is 19.6 Å². The van der Waals surface area contributed by atoms with Crippen molar-refractivity contribution in [3.63, 3.8) is 0 Å². The lowest BCUT2D eigenvalue weighted by Gasteiger charge is -2.25. The number of urea groups is 1. The molecule has 0 aromatic heterocycles. The number of hydrogen-bond donors (Lipinski definition) is 2. The quantitative estimate of drug-likeness (QED) is 0.713. The fraction of sp³-hybridized carbons (Fsp3) is 0.438. The molecule has 1 aromatic rings. The van der Waals surface area contributed by atoms with Crippen LogP contribution >= 0.6 is 0 Å². The van der Waals surface area contributed by atoms with E-state index in [-0.39, 0.29) is 10.5 Å². The van der Waals surface area contributed by atoms with Crippen molar-refractivity contribution in [1.29, 1.82) is 0 Å². The molecular weight excluding hydrogens is 362 g/mol. The predicted octanol–water partition coefficient (Wildman–Crippen LogP) is 0.474. The van der Waals surface area contributed by atoms with Gasteiger partial charge in [-0.2, -0.15) is 4.31 Å². The highest BCUT2D eigenvalue weighted by molar-refractivity contribution is 7.89. The molecule has 1 aromatic carbocycles. The Morgan fingerprint density at radius 2 is 1.85 bits per heavy atom. The van der Waals surface area contributed by atoms with Crippen LogP contribution in [0.3, 0.4) is 0 Å². The van der Waals surface area contributed by atoms with Gasteiger partial charge in [0.15, 0.2) is 6.61 Å². The number of piperidine rings is 1. The predicted molar refractivity (Wildman–Crippen MR) is 91.9 cm³/mol. The summed E-state index contributed by atoms with van der Waals surface area (Å²) in [6.45, 7) is 0.253. The number of carbonyl (C=O) groups excluding carboxylic acids is 3. The van der Waals surface area contributed by atoms with Gasteiger partial charge in [0.1, 0.15) is 0 Å². The third-order valence-corrected chi connectivity index (χ3v) is 5.73. The first kappa shape index (κ1) is 19.9. The minimum atomic E-state index is -3.68. The molecule has 1 aliphatic heterocycles. The molecule has 0 bridgehead atoms. The third-order valence-electron chi connectivity index (χ3n) is 3.84. The van der Waals surface area contributed by atoms with Gasteiger partial charge in [-0.1, -0.05) is 12.5 Å². The van der Waals surface area contributed by atoms with E-state index in [2.05, 4.69) is 5.32 Å². The van der Waals surface area contributed by atoms with Crippen molar-refractivity contribution in [1.82, 2.24) is 14.9 Å². The highest BCUT2D eigenvalue weighted by atomic mass is 32.2. The average molecular weight is 383 g/mol. The highest BCUT2D eigenvalue weighted by Gasteiger charge is 2.26. The summed E-state index contributed by atoms with van der Waals surface area (Å²) in [7, 11) is -2.34. The van der Waals surface area contributed by atoms with E-state index in [0.29, 0.717) is 13.1 Å². The van der Waals surface area contributed by atoms with Gasteiger partial charge >= 0.3 is 12.0 Å². The van der Waals surface area contributed by atoms with Crippen molar-refractivity contribution in [2.75, 3.05) is 26.7 Å². The molecule has 3 amide bonds. The molecule has 0 aliphatic carbocycles. The van der Waals surface area contributed by atoms with Crippen LogP contribution in [0.4, 0.5) is 4.79 Å². The largest absolute Gasteiger partial charge is 0.452 e. The maximum Gasteiger partial charge on any atom is 0.338 e. The molecule has 142 valence electrons. The van der Waals surface area contributed by atoms with Crippen LogP contribution in [0, 0.1) is 0 Å². The van der Waals surface area contributed by atoms with Crippen LogP contribution < -0.4 is 10.6 Å². The maximum atomic E-state index is 12.6. The fourth-order valence-electron chi connectivity index (χ4n) is 2.48. The van der Waals surface area contributed by atoms with Gasteiger partial charge in [0.05, 0.1) is 10.5 Å². The fourth-order valence-corrected chi connectivity index (χ4v) is 4.04. The summed E-state index contributed by atoms with van der Waals surface area (Å²) in [4.78, 5) is 34.5. The number of sulfonamides is 1. The first-order valence-corrected chi connectivity index (χ1v) is 9.57. The number of rotatable bonds is 5. The third kappa shape index (κ3) is 5.02. The van der Waals surface area contributed by atoms with Gasteiger partial charge in [-0.15, -0.1) is 0 Å². The van der Waals surface area contributed by atoms with Crippen LogP contribution in [0.2, 0.25) is 0 Å². The maximum absolute atomic E-state index is 12.6. The van der Waals surface area contributed by atoms with E-state index in [1.54, 1.807) is 0 Å². The Morgan fingerprint density at radius 1 is 1.15 bits per heavy atom. The lowest BCUT2D eigenvalue weighted by atomic mass is 10.2. The van der Waals surface area contributed by atoms with E-state index in [9.17, 15) is 22.8 Å². The molecule has 0 radical (unpaired) electrons. The van der Waals surface area contributed by atoms with E-state index in [4.69, 9.17) is 4.74 Å². The first-order valence-electron chi connectivity index (χ1n) is 8.13. The summed E-state index contributed by atoms with van der Waals surface area (Å²) in [5, 5.41) is 4.13. The number of nitrogens with zero attached hydrogens (tertiary/aromatic N) is 1. The van der Waals surface area contributed by atoms with E-state index in [1.165, 1.54) is 35.6 Å². The second-order valence-electron chi connectivity index (χ2n) is 5.70. The van der Waals surface area contributed by atoms with Gasteiger partial charge in [-0.05, 0) is 31.0 Å². The number of benzene rings is 1. The van der Waals surface area contributed by atoms with Crippen molar-refractivity contribution in [2.45, 2.75) is 24.2 Å². The second kappa shape index (κ2) is 8.77. The van der Waals surface area contributed by atoms with Crippen molar-refractivity contribution >= 4 is 27.9 Å². The number of nitrogens with one attached hydrogen (secondary N) is 2.